The second kappa shape index (κ2) is 5.78. The third-order valence-electron chi connectivity index (χ3n) is 3.40. The number of nitrogens with zero attached hydrogens (tertiary/aromatic N) is 2. The van der Waals surface area contributed by atoms with Gasteiger partial charge in [-0.3, -0.25) is 9.59 Å². The molecule has 2 amide bonds. The number of piperazine rings is 1. The molecular weight excluding hydrogens is 270 g/mol. The van der Waals surface area contributed by atoms with Gasteiger partial charge in [0.1, 0.15) is 12.6 Å². The van der Waals surface area contributed by atoms with Gasteiger partial charge >= 0.3 is 0 Å². The van der Waals surface area contributed by atoms with Crippen LogP contribution in [0.4, 0.5) is 0 Å². The molecule has 1 aliphatic rings. The summed E-state index contributed by atoms with van der Waals surface area (Å²) in [5.41, 5.74) is 1.01. The fourth-order valence-electron chi connectivity index (χ4n) is 2.41. The van der Waals surface area contributed by atoms with Crippen LogP contribution in [0.2, 0.25) is 0 Å². The number of carbonyl (C=O) groups excluding carboxylic acids is 2. The SMILES string of the molecule is O=C1CN(Cc2ccno2)C(=O)C(Cc2ccccc2)N1. The zero-order chi connectivity index (χ0) is 14.7. The molecule has 6 heteroatoms. The minimum atomic E-state index is -0.531. The maximum absolute atomic E-state index is 12.5. The van der Waals surface area contributed by atoms with E-state index in [-0.39, 0.29) is 24.9 Å². The van der Waals surface area contributed by atoms with Gasteiger partial charge in [-0.2, -0.15) is 0 Å². The largest absolute Gasteiger partial charge is 0.360 e. The summed E-state index contributed by atoms with van der Waals surface area (Å²) in [6.45, 7) is 0.308. The van der Waals surface area contributed by atoms with Crippen LogP contribution in [-0.4, -0.2) is 34.5 Å². The molecule has 2 heterocycles. The second-order valence-corrected chi connectivity index (χ2v) is 4.98. The monoisotopic (exact) mass is 285 g/mol. The Morgan fingerprint density at radius 3 is 2.76 bits per heavy atom. The molecule has 1 saturated heterocycles. The van der Waals surface area contributed by atoms with Gasteiger partial charge in [0.25, 0.3) is 0 Å². The van der Waals surface area contributed by atoms with Gasteiger partial charge in [-0.25, -0.2) is 0 Å². The molecule has 1 unspecified atom stereocenters. The van der Waals surface area contributed by atoms with E-state index in [1.807, 2.05) is 30.3 Å². The Kier molecular flexibility index (Phi) is 3.68. The van der Waals surface area contributed by atoms with Crippen molar-refractivity contribution in [2.45, 2.75) is 19.0 Å². The standard InChI is InChI=1S/C15H15N3O3/c19-14-10-18(9-12-6-7-16-21-12)15(20)13(17-14)8-11-4-2-1-3-5-11/h1-7,13H,8-10H2,(H,17,19). The lowest BCUT2D eigenvalue weighted by Crippen LogP contribution is -2.58. The van der Waals surface area contributed by atoms with Crippen molar-refractivity contribution in [1.29, 1.82) is 0 Å². The number of nitrogens with one attached hydrogen (secondary N) is 1. The fourth-order valence-corrected chi connectivity index (χ4v) is 2.41. The topological polar surface area (TPSA) is 75.4 Å². The van der Waals surface area contributed by atoms with Crippen LogP contribution < -0.4 is 5.32 Å². The lowest BCUT2D eigenvalue weighted by molar-refractivity contribution is -0.145. The van der Waals surface area contributed by atoms with E-state index in [0.29, 0.717) is 12.2 Å². The molecule has 1 atom stereocenters. The summed E-state index contributed by atoms with van der Waals surface area (Å²) in [4.78, 5) is 25.7. The molecule has 0 radical (unpaired) electrons. The highest BCUT2D eigenvalue weighted by molar-refractivity contribution is 5.94. The molecular formula is C15H15N3O3. The molecule has 2 aromatic rings. The van der Waals surface area contributed by atoms with Crippen LogP contribution in [0.3, 0.4) is 0 Å². The molecule has 0 saturated carbocycles. The summed E-state index contributed by atoms with van der Waals surface area (Å²) in [6.07, 6.45) is 2.00. The molecule has 0 bridgehead atoms. The number of benzene rings is 1. The molecule has 1 aromatic heterocycles. The van der Waals surface area contributed by atoms with Crippen LogP contribution in [-0.2, 0) is 22.6 Å². The van der Waals surface area contributed by atoms with Gasteiger partial charge in [-0.05, 0) is 5.56 Å². The summed E-state index contributed by atoms with van der Waals surface area (Å²) in [6, 6.07) is 10.8. The molecule has 1 aromatic carbocycles. The van der Waals surface area contributed by atoms with Crippen molar-refractivity contribution in [3.05, 3.63) is 53.9 Å². The lowest BCUT2D eigenvalue weighted by atomic mass is 10.0. The normalized spacial score (nSPS) is 18.7. The Morgan fingerprint density at radius 2 is 2.05 bits per heavy atom. The zero-order valence-electron chi connectivity index (χ0n) is 11.4. The van der Waals surface area contributed by atoms with Crippen molar-refractivity contribution < 1.29 is 14.1 Å². The molecule has 0 spiro atoms. The molecule has 1 aliphatic heterocycles. The predicted octanol–water partition coefficient (Wildman–Crippen LogP) is 0.744. The van der Waals surface area contributed by atoms with E-state index in [1.54, 1.807) is 6.07 Å². The highest BCUT2D eigenvalue weighted by Crippen LogP contribution is 2.12. The predicted molar refractivity (Wildman–Crippen MR) is 74.0 cm³/mol. The second-order valence-electron chi connectivity index (χ2n) is 4.98. The zero-order valence-corrected chi connectivity index (χ0v) is 11.4. The van der Waals surface area contributed by atoms with Crippen molar-refractivity contribution in [2.24, 2.45) is 0 Å². The van der Waals surface area contributed by atoms with Gasteiger partial charge in [0, 0.05) is 12.5 Å². The third-order valence-corrected chi connectivity index (χ3v) is 3.40. The molecule has 21 heavy (non-hydrogen) atoms. The van der Waals surface area contributed by atoms with E-state index in [4.69, 9.17) is 4.52 Å². The maximum Gasteiger partial charge on any atom is 0.246 e. The molecule has 6 nitrogen and oxygen atoms in total. The molecule has 108 valence electrons. The summed E-state index contributed by atoms with van der Waals surface area (Å²) < 4.78 is 5.00. The van der Waals surface area contributed by atoms with E-state index in [9.17, 15) is 9.59 Å². The van der Waals surface area contributed by atoms with Crippen LogP contribution in [0.1, 0.15) is 11.3 Å². The van der Waals surface area contributed by atoms with Crippen LogP contribution in [0, 0.1) is 0 Å². The first-order valence-electron chi connectivity index (χ1n) is 6.74. The number of hydrogen-bond acceptors (Lipinski definition) is 4. The van der Waals surface area contributed by atoms with E-state index in [0.717, 1.165) is 5.56 Å². The first-order valence-corrected chi connectivity index (χ1v) is 6.74. The van der Waals surface area contributed by atoms with Crippen molar-refractivity contribution in [2.75, 3.05) is 6.54 Å². The number of aromatic nitrogens is 1. The summed E-state index contributed by atoms with van der Waals surface area (Å²) in [5.74, 6) is 0.307. The quantitative estimate of drug-likeness (QED) is 0.899. The van der Waals surface area contributed by atoms with Crippen LogP contribution in [0.5, 0.6) is 0 Å². The summed E-state index contributed by atoms with van der Waals surface area (Å²) in [5, 5.41) is 6.35. The summed E-state index contributed by atoms with van der Waals surface area (Å²) >= 11 is 0. The van der Waals surface area contributed by atoms with E-state index in [1.165, 1.54) is 11.1 Å². The molecule has 3 rings (SSSR count). The number of hydrogen-bond donors (Lipinski definition) is 1. The average Bonchev–Trinajstić information content (AvgIpc) is 2.98. The number of carbonyl (C=O) groups is 2. The summed E-state index contributed by atoms with van der Waals surface area (Å²) in [7, 11) is 0. The maximum atomic E-state index is 12.5. The van der Waals surface area contributed by atoms with E-state index >= 15 is 0 Å². The Hall–Kier alpha value is -2.63. The van der Waals surface area contributed by atoms with E-state index in [2.05, 4.69) is 10.5 Å². The van der Waals surface area contributed by atoms with Crippen molar-refractivity contribution in [3.63, 3.8) is 0 Å². The van der Waals surface area contributed by atoms with Crippen LogP contribution in [0.25, 0.3) is 0 Å². The molecule has 0 aliphatic carbocycles. The van der Waals surface area contributed by atoms with Gasteiger partial charge in [0.15, 0.2) is 5.76 Å². The highest BCUT2D eigenvalue weighted by atomic mass is 16.5. The van der Waals surface area contributed by atoms with Crippen molar-refractivity contribution >= 4 is 11.8 Å². The Bertz CT molecular complexity index is 625. The lowest BCUT2D eigenvalue weighted by Gasteiger charge is -2.31. The fraction of sp³-hybridized carbons (Fsp3) is 0.267. The van der Waals surface area contributed by atoms with Crippen molar-refractivity contribution in [3.8, 4) is 0 Å². The van der Waals surface area contributed by atoms with E-state index < -0.39 is 6.04 Å². The van der Waals surface area contributed by atoms with Gasteiger partial charge in [-0.1, -0.05) is 35.5 Å². The third kappa shape index (κ3) is 3.10. The average molecular weight is 285 g/mol. The minimum Gasteiger partial charge on any atom is -0.360 e. The highest BCUT2D eigenvalue weighted by Gasteiger charge is 2.33. The Labute approximate surface area is 121 Å². The molecule has 1 fully saturated rings. The number of rotatable bonds is 4. The van der Waals surface area contributed by atoms with Gasteiger partial charge in [-0.15, -0.1) is 0 Å². The Morgan fingerprint density at radius 1 is 1.24 bits per heavy atom. The van der Waals surface area contributed by atoms with Gasteiger partial charge in [0.05, 0.1) is 12.7 Å². The van der Waals surface area contributed by atoms with Crippen molar-refractivity contribution in [1.82, 2.24) is 15.4 Å². The first-order chi connectivity index (χ1) is 10.2. The smallest absolute Gasteiger partial charge is 0.246 e. The first kappa shape index (κ1) is 13.4. The Balaban J connectivity index is 1.72. The van der Waals surface area contributed by atoms with Crippen LogP contribution >= 0.6 is 0 Å². The number of amides is 2. The van der Waals surface area contributed by atoms with Gasteiger partial charge in [0.2, 0.25) is 11.8 Å². The van der Waals surface area contributed by atoms with Crippen LogP contribution in [0.15, 0.2) is 47.1 Å². The van der Waals surface area contributed by atoms with Gasteiger partial charge < -0.3 is 14.7 Å². The molecule has 1 N–H and O–H groups in total. The minimum absolute atomic E-state index is 0.0465.